The number of carbonyl (C=O) groups is 1. The fourth-order valence-electron chi connectivity index (χ4n) is 4.26. The molecular formula is C26H32O14. The molecule has 0 spiro atoms. The maximum atomic E-state index is 13.1. The smallest absolute Gasteiger partial charge is 0.342 e. The molecule has 0 bridgehead atoms. The van der Waals surface area contributed by atoms with E-state index in [0.29, 0.717) is 5.56 Å². The highest BCUT2D eigenvalue weighted by molar-refractivity contribution is 5.93. The highest BCUT2D eigenvalue weighted by Crippen LogP contribution is 2.37. The molecule has 0 aromatic heterocycles. The molecule has 2 aromatic carbocycles. The van der Waals surface area contributed by atoms with E-state index < -0.39 is 86.3 Å². The van der Waals surface area contributed by atoms with Crippen LogP contribution in [-0.2, 0) is 20.8 Å². The summed E-state index contributed by atoms with van der Waals surface area (Å²) in [6, 6.07) is 12.7. The van der Waals surface area contributed by atoms with Crippen LogP contribution in [0.2, 0.25) is 0 Å². The Morgan fingerprint density at radius 2 is 1.23 bits per heavy atom. The van der Waals surface area contributed by atoms with E-state index in [1.165, 1.54) is 18.2 Å². The highest BCUT2D eigenvalue weighted by atomic mass is 16.7. The zero-order chi connectivity index (χ0) is 29.0. The van der Waals surface area contributed by atoms with Gasteiger partial charge in [0.25, 0.3) is 0 Å². The molecular weight excluding hydrogens is 536 g/mol. The second-order valence-corrected chi connectivity index (χ2v) is 9.32. The Bertz CT molecular complexity index is 1110. The van der Waals surface area contributed by atoms with Crippen LogP contribution >= 0.6 is 0 Å². The van der Waals surface area contributed by atoms with Crippen molar-refractivity contribution in [3.05, 3.63) is 59.7 Å². The fourth-order valence-corrected chi connectivity index (χ4v) is 4.26. The van der Waals surface area contributed by atoms with Crippen LogP contribution in [0.5, 0.6) is 11.5 Å². The number of para-hydroxylation sites is 1. The Morgan fingerprint density at radius 3 is 1.77 bits per heavy atom. The normalized spacial score (nSPS) is 34.2. The van der Waals surface area contributed by atoms with Gasteiger partial charge in [-0.2, -0.15) is 0 Å². The molecule has 4 rings (SSSR count). The Morgan fingerprint density at radius 1 is 0.675 bits per heavy atom. The first-order valence-electron chi connectivity index (χ1n) is 12.4. The summed E-state index contributed by atoms with van der Waals surface area (Å²) in [4.78, 5) is 13.1. The number of aliphatic hydroxyl groups is 8. The predicted molar refractivity (Wildman–Crippen MR) is 131 cm³/mol. The van der Waals surface area contributed by atoms with Gasteiger partial charge in [0, 0.05) is 0 Å². The van der Waals surface area contributed by atoms with Gasteiger partial charge in [-0.05, 0) is 17.7 Å². The van der Waals surface area contributed by atoms with Crippen molar-refractivity contribution in [2.75, 3.05) is 13.2 Å². The Labute approximate surface area is 228 Å². The van der Waals surface area contributed by atoms with E-state index in [4.69, 9.17) is 23.7 Å². The summed E-state index contributed by atoms with van der Waals surface area (Å²) < 4.78 is 27.6. The third-order valence-electron chi connectivity index (χ3n) is 6.59. The molecule has 2 aliphatic heterocycles. The molecule has 10 atom stereocenters. The molecule has 14 heteroatoms. The third-order valence-corrected chi connectivity index (χ3v) is 6.59. The Hall–Kier alpha value is -2.89. The van der Waals surface area contributed by atoms with Gasteiger partial charge in [-0.25, -0.2) is 4.79 Å². The Kier molecular flexibility index (Phi) is 9.91. The lowest BCUT2D eigenvalue weighted by Gasteiger charge is -2.41. The molecule has 10 unspecified atom stereocenters. The van der Waals surface area contributed by atoms with Crippen LogP contribution in [0.15, 0.2) is 48.5 Å². The Balaban J connectivity index is 1.65. The summed E-state index contributed by atoms with van der Waals surface area (Å²) in [6.07, 6.45) is -16.5. The average molecular weight is 569 g/mol. The zero-order valence-electron chi connectivity index (χ0n) is 21.0. The molecule has 2 saturated heterocycles. The van der Waals surface area contributed by atoms with Crippen LogP contribution in [-0.4, -0.2) is 121 Å². The summed E-state index contributed by atoms with van der Waals surface area (Å²) in [5.41, 5.74) is 0.441. The standard InChI is InChI=1S/C26H32O14/c27-9-15-17(29)19(31)21(33)25(38-15)37-14-8-4-7-13(24(35)36-11-12-5-2-1-3-6-12)23(14)40-26-22(34)20(32)18(30)16(10-28)39-26/h1-8,15-22,25-34H,9-11H2. The largest absolute Gasteiger partial charge is 0.458 e. The van der Waals surface area contributed by atoms with E-state index >= 15 is 0 Å². The molecule has 2 fully saturated rings. The number of hydrogen-bond donors (Lipinski definition) is 8. The molecule has 2 aliphatic rings. The van der Waals surface area contributed by atoms with Gasteiger partial charge in [0.15, 0.2) is 11.5 Å². The van der Waals surface area contributed by atoms with Crippen molar-refractivity contribution in [1.29, 1.82) is 0 Å². The first-order valence-corrected chi connectivity index (χ1v) is 12.4. The molecule has 0 amide bonds. The number of rotatable bonds is 9. The van der Waals surface area contributed by atoms with Crippen LogP contribution in [0.25, 0.3) is 0 Å². The number of ether oxygens (including phenoxy) is 5. The van der Waals surface area contributed by atoms with Crippen molar-refractivity contribution >= 4 is 5.97 Å². The van der Waals surface area contributed by atoms with Gasteiger partial charge in [0.05, 0.1) is 13.2 Å². The molecule has 0 saturated carbocycles. The van der Waals surface area contributed by atoms with E-state index in [0.717, 1.165) is 0 Å². The zero-order valence-corrected chi connectivity index (χ0v) is 21.0. The first-order chi connectivity index (χ1) is 19.2. The summed E-state index contributed by atoms with van der Waals surface area (Å²) >= 11 is 0. The second-order valence-electron chi connectivity index (χ2n) is 9.32. The van der Waals surface area contributed by atoms with Crippen LogP contribution in [0.3, 0.4) is 0 Å². The van der Waals surface area contributed by atoms with E-state index in [1.807, 2.05) is 0 Å². The van der Waals surface area contributed by atoms with E-state index in [-0.39, 0.29) is 17.9 Å². The molecule has 220 valence electrons. The van der Waals surface area contributed by atoms with Crippen molar-refractivity contribution in [2.24, 2.45) is 0 Å². The SMILES string of the molecule is O=C(OCc1ccccc1)c1cccc(OC2OC(CO)C(O)C(O)C2O)c1OC1OC(CO)C(O)C(O)C1O. The monoisotopic (exact) mass is 568 g/mol. The first kappa shape index (κ1) is 30.1. The lowest BCUT2D eigenvalue weighted by atomic mass is 9.99. The van der Waals surface area contributed by atoms with Gasteiger partial charge < -0.3 is 64.5 Å². The lowest BCUT2D eigenvalue weighted by Crippen LogP contribution is -2.60. The van der Waals surface area contributed by atoms with E-state index in [1.54, 1.807) is 30.3 Å². The minimum absolute atomic E-state index is 0.114. The van der Waals surface area contributed by atoms with Gasteiger partial charge in [-0.15, -0.1) is 0 Å². The van der Waals surface area contributed by atoms with Crippen LogP contribution < -0.4 is 9.47 Å². The van der Waals surface area contributed by atoms with Crippen molar-refractivity contribution in [3.63, 3.8) is 0 Å². The van der Waals surface area contributed by atoms with Crippen molar-refractivity contribution in [3.8, 4) is 11.5 Å². The van der Waals surface area contributed by atoms with Gasteiger partial charge in [-0.1, -0.05) is 36.4 Å². The maximum absolute atomic E-state index is 13.1. The molecule has 2 heterocycles. The molecule has 14 nitrogen and oxygen atoms in total. The molecule has 0 aliphatic carbocycles. The number of aliphatic hydroxyl groups excluding tert-OH is 8. The molecule has 40 heavy (non-hydrogen) atoms. The van der Waals surface area contributed by atoms with Crippen LogP contribution in [0.4, 0.5) is 0 Å². The number of carbonyl (C=O) groups excluding carboxylic acids is 1. The van der Waals surface area contributed by atoms with Gasteiger partial charge in [-0.3, -0.25) is 0 Å². The highest BCUT2D eigenvalue weighted by Gasteiger charge is 2.47. The van der Waals surface area contributed by atoms with Gasteiger partial charge in [0.2, 0.25) is 12.6 Å². The third kappa shape index (κ3) is 6.37. The minimum atomic E-state index is -1.84. The van der Waals surface area contributed by atoms with Gasteiger partial charge in [0.1, 0.15) is 61.0 Å². The number of benzene rings is 2. The topological polar surface area (TPSA) is 225 Å². The predicted octanol–water partition coefficient (Wildman–Crippen LogP) is -2.60. The van der Waals surface area contributed by atoms with Crippen molar-refractivity contribution in [2.45, 2.75) is 68.0 Å². The average Bonchev–Trinajstić information content (AvgIpc) is 2.97. The fraction of sp³-hybridized carbons (Fsp3) is 0.500. The summed E-state index contributed by atoms with van der Waals surface area (Å²) in [5, 5.41) is 80.4. The maximum Gasteiger partial charge on any atom is 0.342 e. The van der Waals surface area contributed by atoms with Crippen LogP contribution in [0.1, 0.15) is 15.9 Å². The second kappa shape index (κ2) is 13.2. The summed E-state index contributed by atoms with van der Waals surface area (Å²) in [5.74, 6) is -1.58. The van der Waals surface area contributed by atoms with E-state index in [9.17, 15) is 45.6 Å². The quantitative estimate of drug-likeness (QED) is 0.145. The number of hydrogen-bond acceptors (Lipinski definition) is 14. The van der Waals surface area contributed by atoms with Crippen molar-refractivity contribution < 1.29 is 69.3 Å². The van der Waals surface area contributed by atoms with Crippen LogP contribution in [0, 0.1) is 0 Å². The van der Waals surface area contributed by atoms with E-state index in [2.05, 4.69) is 0 Å². The summed E-state index contributed by atoms with van der Waals surface area (Å²) in [7, 11) is 0. The van der Waals surface area contributed by atoms with Crippen molar-refractivity contribution in [1.82, 2.24) is 0 Å². The van der Waals surface area contributed by atoms with Gasteiger partial charge >= 0.3 is 5.97 Å². The summed E-state index contributed by atoms with van der Waals surface area (Å²) in [6.45, 7) is -1.57. The lowest BCUT2D eigenvalue weighted by molar-refractivity contribution is -0.282. The molecule has 2 aromatic rings. The number of esters is 1. The minimum Gasteiger partial charge on any atom is -0.458 e. The molecule has 0 radical (unpaired) electrons. The molecule has 8 N–H and O–H groups in total.